The zero-order chi connectivity index (χ0) is 30.2. The third kappa shape index (κ3) is 7.85. The summed E-state index contributed by atoms with van der Waals surface area (Å²) in [5, 5.41) is 2.81. The summed E-state index contributed by atoms with van der Waals surface area (Å²) >= 11 is 0. The van der Waals surface area contributed by atoms with E-state index < -0.39 is 40.2 Å². The van der Waals surface area contributed by atoms with Crippen molar-refractivity contribution in [3.05, 3.63) is 89.2 Å². The molecule has 0 heterocycles. The van der Waals surface area contributed by atoms with Gasteiger partial charge in [0.25, 0.3) is 10.0 Å². The Kier molecular flexibility index (Phi) is 10.9. The van der Waals surface area contributed by atoms with E-state index in [1.807, 2.05) is 13.8 Å². The monoisotopic (exact) mass is 583 g/mol. The van der Waals surface area contributed by atoms with Gasteiger partial charge >= 0.3 is 0 Å². The lowest BCUT2D eigenvalue weighted by atomic mass is 10.1. The molecular weight excluding hydrogens is 545 g/mol. The number of methoxy groups -OCH3 is 1. The van der Waals surface area contributed by atoms with E-state index in [9.17, 15) is 22.4 Å². The highest BCUT2D eigenvalue weighted by molar-refractivity contribution is 7.92. The smallest absolute Gasteiger partial charge is 0.264 e. The highest BCUT2D eigenvalue weighted by Crippen LogP contribution is 2.34. The maximum Gasteiger partial charge on any atom is 0.264 e. The lowest BCUT2D eigenvalue weighted by Gasteiger charge is -2.32. The number of carbonyl (C=O) groups is 2. The summed E-state index contributed by atoms with van der Waals surface area (Å²) in [7, 11) is -2.85. The van der Waals surface area contributed by atoms with Crippen LogP contribution in [0.5, 0.6) is 5.75 Å². The lowest BCUT2D eigenvalue weighted by Crippen LogP contribution is -2.51. The summed E-state index contributed by atoms with van der Waals surface area (Å²) in [4.78, 5) is 28.3. The number of halogens is 1. The third-order valence-corrected chi connectivity index (χ3v) is 8.56. The minimum absolute atomic E-state index is 0.00882. The maximum absolute atomic E-state index is 14.7. The average molecular weight is 584 g/mol. The summed E-state index contributed by atoms with van der Waals surface area (Å²) in [5.41, 5.74) is 2.00. The van der Waals surface area contributed by atoms with E-state index >= 15 is 0 Å². The van der Waals surface area contributed by atoms with E-state index in [0.29, 0.717) is 6.54 Å². The molecule has 0 spiro atoms. The van der Waals surface area contributed by atoms with Gasteiger partial charge < -0.3 is 15.0 Å². The second-order valence-corrected chi connectivity index (χ2v) is 11.8. The van der Waals surface area contributed by atoms with Gasteiger partial charge in [-0.2, -0.15) is 0 Å². The Morgan fingerprint density at radius 2 is 1.66 bits per heavy atom. The van der Waals surface area contributed by atoms with E-state index in [1.165, 1.54) is 42.3 Å². The summed E-state index contributed by atoms with van der Waals surface area (Å²) in [5.74, 6) is -1.37. The van der Waals surface area contributed by atoms with Crippen LogP contribution in [0.1, 0.15) is 43.4 Å². The van der Waals surface area contributed by atoms with Crippen molar-refractivity contribution < 1.29 is 27.1 Å². The number of benzene rings is 3. The van der Waals surface area contributed by atoms with Crippen LogP contribution in [0.2, 0.25) is 0 Å². The lowest BCUT2D eigenvalue weighted by molar-refractivity contribution is -0.139. The molecule has 10 heteroatoms. The number of unbranched alkanes of at least 4 members (excludes halogenated alkanes) is 1. The van der Waals surface area contributed by atoms with Gasteiger partial charge in [-0.3, -0.25) is 13.9 Å². The van der Waals surface area contributed by atoms with Crippen molar-refractivity contribution in [3.8, 4) is 5.75 Å². The standard InChI is InChI=1S/C31H38FN3O5S/c1-6-7-18-33-31(37)24(4)34(20-25-10-8-9-11-27(25)32)30(36)21-35(28-19-23(3)14-17-29(28)40-5)41(38,39)26-15-12-22(2)13-16-26/h8-17,19,24H,6-7,18,20-21H2,1-5H3,(H,33,37). The molecule has 0 fully saturated rings. The fourth-order valence-corrected chi connectivity index (χ4v) is 5.69. The summed E-state index contributed by atoms with van der Waals surface area (Å²) < 4.78 is 49.2. The molecule has 3 rings (SSSR count). The Hall–Kier alpha value is -3.92. The number of sulfonamides is 1. The van der Waals surface area contributed by atoms with Crippen LogP contribution in [0, 0.1) is 19.7 Å². The molecule has 0 aliphatic rings. The van der Waals surface area contributed by atoms with Gasteiger partial charge in [-0.15, -0.1) is 0 Å². The molecule has 2 amide bonds. The van der Waals surface area contributed by atoms with Gasteiger partial charge in [0, 0.05) is 18.7 Å². The van der Waals surface area contributed by atoms with Gasteiger partial charge in [0.05, 0.1) is 17.7 Å². The van der Waals surface area contributed by atoms with Crippen molar-refractivity contribution in [1.82, 2.24) is 10.2 Å². The van der Waals surface area contributed by atoms with Crippen LogP contribution < -0.4 is 14.4 Å². The molecule has 3 aromatic rings. The van der Waals surface area contributed by atoms with E-state index in [0.717, 1.165) is 28.3 Å². The van der Waals surface area contributed by atoms with E-state index in [4.69, 9.17) is 4.74 Å². The Bertz CT molecular complexity index is 1460. The number of nitrogens with zero attached hydrogens (tertiary/aromatic N) is 2. The summed E-state index contributed by atoms with van der Waals surface area (Å²) in [6.45, 7) is 6.74. The first-order chi connectivity index (χ1) is 19.5. The number of aryl methyl sites for hydroxylation is 2. The minimum atomic E-state index is -4.26. The van der Waals surface area contributed by atoms with E-state index in [-0.39, 0.29) is 28.4 Å². The number of nitrogens with one attached hydrogen (secondary N) is 1. The number of anilines is 1. The molecular formula is C31H38FN3O5S. The quantitative estimate of drug-likeness (QED) is 0.287. The van der Waals surface area contributed by atoms with Crippen LogP contribution >= 0.6 is 0 Å². The van der Waals surface area contributed by atoms with Crippen molar-refractivity contribution in [2.45, 2.75) is 58.0 Å². The molecule has 8 nitrogen and oxygen atoms in total. The Morgan fingerprint density at radius 3 is 2.29 bits per heavy atom. The van der Waals surface area contributed by atoms with Crippen molar-refractivity contribution in [2.75, 3.05) is 24.5 Å². The van der Waals surface area contributed by atoms with Crippen molar-refractivity contribution in [1.29, 1.82) is 0 Å². The minimum Gasteiger partial charge on any atom is -0.495 e. The van der Waals surface area contributed by atoms with Crippen LogP contribution in [0.15, 0.2) is 71.6 Å². The van der Waals surface area contributed by atoms with E-state index in [2.05, 4.69) is 5.32 Å². The zero-order valence-corrected chi connectivity index (χ0v) is 25.0. The number of carbonyl (C=O) groups excluding carboxylic acids is 2. The van der Waals surface area contributed by atoms with Gasteiger partial charge in [0.15, 0.2) is 0 Å². The first-order valence-electron chi connectivity index (χ1n) is 13.5. The molecule has 1 N–H and O–H groups in total. The summed E-state index contributed by atoms with van der Waals surface area (Å²) in [6.07, 6.45) is 1.63. The molecule has 0 aliphatic carbocycles. The molecule has 0 bridgehead atoms. The maximum atomic E-state index is 14.7. The molecule has 0 aromatic heterocycles. The third-order valence-electron chi connectivity index (χ3n) is 6.79. The predicted molar refractivity (Wildman–Crippen MR) is 158 cm³/mol. The average Bonchev–Trinajstić information content (AvgIpc) is 2.95. The van der Waals surface area contributed by atoms with Gasteiger partial charge in [0.1, 0.15) is 24.2 Å². The number of hydrogen-bond donors (Lipinski definition) is 1. The Balaban J connectivity index is 2.08. The topological polar surface area (TPSA) is 96.0 Å². The highest BCUT2D eigenvalue weighted by atomic mass is 32.2. The number of rotatable bonds is 13. The molecule has 0 aliphatic heterocycles. The fraction of sp³-hybridized carbons (Fsp3) is 0.355. The SMILES string of the molecule is CCCCNC(=O)C(C)N(Cc1ccccc1F)C(=O)CN(c1cc(C)ccc1OC)S(=O)(=O)c1ccc(C)cc1. The van der Waals surface area contributed by atoms with Gasteiger partial charge in [-0.25, -0.2) is 12.8 Å². The largest absolute Gasteiger partial charge is 0.495 e. The molecule has 0 radical (unpaired) electrons. The molecule has 220 valence electrons. The normalized spacial score (nSPS) is 12.0. The van der Waals surface area contributed by atoms with Crippen molar-refractivity contribution in [2.24, 2.45) is 0 Å². The molecule has 1 unspecified atom stereocenters. The number of hydrogen-bond acceptors (Lipinski definition) is 5. The molecule has 3 aromatic carbocycles. The highest BCUT2D eigenvalue weighted by Gasteiger charge is 2.34. The predicted octanol–water partition coefficient (Wildman–Crippen LogP) is 4.98. The Labute approximate surface area is 242 Å². The van der Waals surface area contributed by atoms with Gasteiger partial charge in [-0.05, 0) is 63.1 Å². The van der Waals surface area contributed by atoms with Crippen LogP contribution in [0.4, 0.5) is 10.1 Å². The van der Waals surface area contributed by atoms with Crippen molar-refractivity contribution >= 4 is 27.5 Å². The van der Waals surface area contributed by atoms with Crippen LogP contribution in [0.3, 0.4) is 0 Å². The number of ether oxygens (including phenoxy) is 1. The fourth-order valence-electron chi connectivity index (χ4n) is 4.27. The summed E-state index contributed by atoms with van der Waals surface area (Å²) in [6, 6.07) is 16.3. The second kappa shape index (κ2) is 14.1. The molecule has 41 heavy (non-hydrogen) atoms. The zero-order valence-electron chi connectivity index (χ0n) is 24.2. The Morgan fingerprint density at radius 1 is 1.00 bits per heavy atom. The first-order valence-corrected chi connectivity index (χ1v) is 15.0. The van der Waals surface area contributed by atoms with Gasteiger partial charge in [-0.1, -0.05) is 55.3 Å². The van der Waals surface area contributed by atoms with Crippen LogP contribution in [-0.2, 0) is 26.2 Å². The first kappa shape index (κ1) is 31.6. The van der Waals surface area contributed by atoms with Crippen LogP contribution in [-0.4, -0.2) is 51.4 Å². The molecule has 0 saturated heterocycles. The molecule has 0 saturated carbocycles. The second-order valence-electron chi connectivity index (χ2n) is 9.93. The van der Waals surface area contributed by atoms with Gasteiger partial charge in [0.2, 0.25) is 11.8 Å². The molecule has 1 atom stereocenters. The van der Waals surface area contributed by atoms with Crippen molar-refractivity contribution in [3.63, 3.8) is 0 Å². The van der Waals surface area contributed by atoms with E-state index in [1.54, 1.807) is 50.2 Å². The number of amides is 2. The van der Waals surface area contributed by atoms with Crippen LogP contribution in [0.25, 0.3) is 0 Å².